The molecule has 0 radical (unpaired) electrons. The lowest BCUT2D eigenvalue weighted by atomic mass is 10.0. The molecule has 0 saturated heterocycles. The van der Waals surface area contributed by atoms with Gasteiger partial charge in [0.1, 0.15) is 0 Å². The number of rotatable bonds is 7. The molecule has 0 aliphatic heterocycles. The highest BCUT2D eigenvalue weighted by atomic mass is 35.5. The normalized spacial score (nSPS) is 12.2. The molecule has 0 fully saturated rings. The third-order valence-electron chi connectivity index (χ3n) is 4.75. The van der Waals surface area contributed by atoms with Crippen LogP contribution in [0.2, 0.25) is 5.02 Å². The van der Waals surface area contributed by atoms with E-state index in [0.29, 0.717) is 0 Å². The van der Waals surface area contributed by atoms with Gasteiger partial charge in [0.15, 0.2) is 0 Å². The van der Waals surface area contributed by atoms with Gasteiger partial charge in [-0.25, -0.2) is 8.42 Å². The maximum Gasteiger partial charge on any atom is 0.261 e. The van der Waals surface area contributed by atoms with Crippen molar-refractivity contribution in [3.05, 3.63) is 94.5 Å². The van der Waals surface area contributed by atoms with Crippen LogP contribution in [0.5, 0.6) is 0 Å². The van der Waals surface area contributed by atoms with Gasteiger partial charge in [0, 0.05) is 5.69 Å². The van der Waals surface area contributed by atoms with Crippen LogP contribution in [0, 0.1) is 0 Å². The van der Waals surface area contributed by atoms with Crippen molar-refractivity contribution >= 4 is 33.2 Å². The topological polar surface area (TPSA) is 75.3 Å². The van der Waals surface area contributed by atoms with Gasteiger partial charge in [-0.2, -0.15) is 0 Å². The predicted molar refractivity (Wildman–Crippen MR) is 120 cm³/mol. The van der Waals surface area contributed by atoms with Crippen molar-refractivity contribution in [1.29, 1.82) is 0 Å². The van der Waals surface area contributed by atoms with Crippen LogP contribution in [0.4, 0.5) is 5.69 Å². The Bertz CT molecular complexity index is 1130. The summed E-state index contributed by atoms with van der Waals surface area (Å²) in [5.74, 6) is -0.382. The fraction of sp³-hybridized carbons (Fsp3) is 0.174. The number of aryl methyl sites for hydroxylation is 1. The summed E-state index contributed by atoms with van der Waals surface area (Å²) >= 11 is 6.21. The van der Waals surface area contributed by atoms with Gasteiger partial charge in [-0.3, -0.25) is 9.52 Å². The zero-order valence-corrected chi connectivity index (χ0v) is 18.3. The van der Waals surface area contributed by atoms with E-state index in [-0.39, 0.29) is 33.1 Å². The maximum absolute atomic E-state index is 12.8. The van der Waals surface area contributed by atoms with E-state index in [2.05, 4.69) is 17.0 Å². The van der Waals surface area contributed by atoms with Gasteiger partial charge >= 0.3 is 0 Å². The van der Waals surface area contributed by atoms with E-state index in [9.17, 15) is 13.2 Å². The van der Waals surface area contributed by atoms with Gasteiger partial charge in [0.25, 0.3) is 15.9 Å². The minimum atomic E-state index is -3.77. The van der Waals surface area contributed by atoms with Crippen molar-refractivity contribution in [2.45, 2.75) is 31.2 Å². The first-order valence-corrected chi connectivity index (χ1v) is 11.4. The predicted octanol–water partition coefficient (Wildman–Crippen LogP) is 5.19. The van der Waals surface area contributed by atoms with Crippen molar-refractivity contribution in [3.63, 3.8) is 0 Å². The lowest BCUT2D eigenvalue weighted by molar-refractivity contribution is 0.0940. The average Bonchev–Trinajstić information content (AvgIpc) is 2.75. The summed E-state index contributed by atoms with van der Waals surface area (Å²) in [6.07, 6.45) is 0.947. The summed E-state index contributed by atoms with van der Waals surface area (Å²) in [7, 11) is -3.77. The maximum atomic E-state index is 12.8. The molecular weight excluding hydrogens is 420 g/mol. The monoisotopic (exact) mass is 442 g/mol. The summed E-state index contributed by atoms with van der Waals surface area (Å²) < 4.78 is 27.6. The van der Waals surface area contributed by atoms with Crippen LogP contribution in [-0.2, 0) is 16.4 Å². The Balaban J connectivity index is 1.78. The van der Waals surface area contributed by atoms with E-state index in [4.69, 9.17) is 11.6 Å². The van der Waals surface area contributed by atoms with Gasteiger partial charge in [0.05, 0.1) is 21.5 Å². The Morgan fingerprint density at radius 2 is 1.67 bits per heavy atom. The third-order valence-corrected chi connectivity index (χ3v) is 6.48. The van der Waals surface area contributed by atoms with E-state index in [1.165, 1.54) is 35.9 Å². The second kappa shape index (κ2) is 9.32. The van der Waals surface area contributed by atoms with Crippen LogP contribution in [0.15, 0.2) is 77.7 Å². The number of amides is 1. The Morgan fingerprint density at radius 1 is 1.00 bits per heavy atom. The fourth-order valence-electron chi connectivity index (χ4n) is 2.98. The second-order valence-corrected chi connectivity index (χ2v) is 8.99. The molecule has 156 valence electrons. The van der Waals surface area contributed by atoms with E-state index in [1.54, 1.807) is 18.2 Å². The van der Waals surface area contributed by atoms with Crippen molar-refractivity contribution in [2.75, 3.05) is 4.72 Å². The molecule has 0 spiro atoms. The van der Waals surface area contributed by atoms with E-state index in [0.717, 1.165) is 12.0 Å². The smallest absolute Gasteiger partial charge is 0.261 e. The third kappa shape index (κ3) is 5.20. The number of halogens is 1. The summed E-state index contributed by atoms with van der Waals surface area (Å²) in [5, 5.41) is 3.15. The molecule has 0 saturated carbocycles. The van der Waals surface area contributed by atoms with Gasteiger partial charge < -0.3 is 5.32 Å². The molecule has 3 rings (SSSR count). The number of carbonyl (C=O) groups is 1. The largest absolute Gasteiger partial charge is 0.345 e. The molecule has 0 unspecified atom stereocenters. The summed E-state index contributed by atoms with van der Waals surface area (Å²) in [6.45, 7) is 3.97. The first-order chi connectivity index (χ1) is 14.3. The standard InChI is InChI=1S/C23H23ClN2O3S/c1-3-17-9-11-18(12-10-17)16(2)25-23(27)21-15-19(13-14-22(21)24)26-30(28,29)20-7-5-4-6-8-20/h4-16,26H,3H2,1-2H3,(H,25,27)/t16-/m1/s1. The molecule has 2 N–H and O–H groups in total. The SMILES string of the molecule is CCc1ccc([C@@H](C)NC(=O)c2cc(NS(=O)(=O)c3ccccc3)ccc2Cl)cc1. The highest BCUT2D eigenvalue weighted by Gasteiger charge is 2.18. The van der Waals surface area contributed by atoms with Crippen LogP contribution in [0.25, 0.3) is 0 Å². The molecule has 0 bridgehead atoms. The van der Waals surface area contributed by atoms with Gasteiger partial charge in [-0.15, -0.1) is 0 Å². The zero-order chi connectivity index (χ0) is 21.7. The Morgan fingerprint density at radius 3 is 2.30 bits per heavy atom. The molecule has 0 aliphatic rings. The molecule has 1 atom stereocenters. The molecule has 0 heterocycles. The van der Waals surface area contributed by atoms with Crippen molar-refractivity contribution < 1.29 is 13.2 Å². The molecule has 3 aromatic carbocycles. The molecule has 5 nitrogen and oxygen atoms in total. The quantitative estimate of drug-likeness (QED) is 0.528. The number of hydrogen-bond acceptors (Lipinski definition) is 3. The van der Waals surface area contributed by atoms with Crippen LogP contribution >= 0.6 is 11.6 Å². The second-order valence-electron chi connectivity index (χ2n) is 6.90. The number of anilines is 1. The number of carbonyl (C=O) groups excluding carboxylic acids is 1. The Labute approximate surface area is 182 Å². The van der Waals surface area contributed by atoms with Crippen LogP contribution in [-0.4, -0.2) is 14.3 Å². The molecule has 0 aliphatic carbocycles. The number of hydrogen-bond donors (Lipinski definition) is 2. The van der Waals surface area contributed by atoms with Gasteiger partial charge in [-0.1, -0.05) is 61.0 Å². The molecule has 30 heavy (non-hydrogen) atoms. The zero-order valence-electron chi connectivity index (χ0n) is 16.7. The van der Waals surface area contributed by atoms with E-state index < -0.39 is 10.0 Å². The average molecular weight is 443 g/mol. The number of nitrogens with one attached hydrogen (secondary N) is 2. The first-order valence-electron chi connectivity index (χ1n) is 9.57. The fourth-order valence-corrected chi connectivity index (χ4v) is 4.25. The minimum Gasteiger partial charge on any atom is -0.345 e. The van der Waals surface area contributed by atoms with Crippen LogP contribution in [0.1, 0.15) is 41.4 Å². The van der Waals surface area contributed by atoms with Crippen molar-refractivity contribution in [2.24, 2.45) is 0 Å². The lowest BCUT2D eigenvalue weighted by Gasteiger charge is -2.16. The number of sulfonamides is 1. The molecule has 0 aromatic heterocycles. The minimum absolute atomic E-state index is 0.134. The highest BCUT2D eigenvalue weighted by molar-refractivity contribution is 7.92. The summed E-state index contributed by atoms with van der Waals surface area (Å²) in [4.78, 5) is 12.9. The van der Waals surface area contributed by atoms with Gasteiger partial charge in [0.2, 0.25) is 0 Å². The van der Waals surface area contributed by atoms with Crippen LogP contribution in [0.3, 0.4) is 0 Å². The Hall–Kier alpha value is -2.83. The van der Waals surface area contributed by atoms with E-state index >= 15 is 0 Å². The highest BCUT2D eigenvalue weighted by Crippen LogP contribution is 2.24. The molecular formula is C23H23ClN2O3S. The van der Waals surface area contributed by atoms with Crippen molar-refractivity contribution in [3.8, 4) is 0 Å². The Kier molecular flexibility index (Phi) is 6.80. The first kappa shape index (κ1) is 21.9. The molecule has 3 aromatic rings. The van der Waals surface area contributed by atoms with Gasteiger partial charge in [-0.05, 0) is 54.8 Å². The number of benzene rings is 3. The molecule has 7 heteroatoms. The van der Waals surface area contributed by atoms with Crippen molar-refractivity contribution in [1.82, 2.24) is 5.32 Å². The molecule has 1 amide bonds. The van der Waals surface area contributed by atoms with Crippen LogP contribution < -0.4 is 10.0 Å². The summed E-state index contributed by atoms with van der Waals surface area (Å²) in [5.41, 5.74) is 2.65. The lowest BCUT2D eigenvalue weighted by Crippen LogP contribution is -2.27. The van der Waals surface area contributed by atoms with E-state index in [1.807, 2.05) is 31.2 Å². The summed E-state index contributed by atoms with van der Waals surface area (Å²) in [6, 6.07) is 20.3.